The molecule has 0 aliphatic carbocycles. The Balaban J connectivity index is 1.91. The standard InChI is InChI=1S/C20H25FN2O3S2/c1-14(2)23-28(25,26)17-8-9-19(21)18(12-17)20(24)22-10-11-27-13-16-6-4-15(3)5-7-16/h4-9,12,14,23H,10-11,13H2,1-3H3,(H,22,24). The van der Waals surface area contributed by atoms with E-state index in [1.54, 1.807) is 25.6 Å². The Morgan fingerprint density at radius 1 is 1.14 bits per heavy atom. The Morgan fingerprint density at radius 3 is 2.46 bits per heavy atom. The largest absolute Gasteiger partial charge is 0.351 e. The number of thioether (sulfide) groups is 1. The molecule has 0 unspecified atom stereocenters. The number of hydrogen-bond acceptors (Lipinski definition) is 4. The summed E-state index contributed by atoms with van der Waals surface area (Å²) in [6.45, 7) is 5.76. The molecule has 152 valence electrons. The van der Waals surface area contributed by atoms with Gasteiger partial charge in [0.1, 0.15) is 5.82 Å². The first-order valence-corrected chi connectivity index (χ1v) is 11.6. The second-order valence-corrected chi connectivity index (χ2v) is 9.53. The summed E-state index contributed by atoms with van der Waals surface area (Å²) in [6, 6.07) is 11.1. The highest BCUT2D eigenvalue weighted by molar-refractivity contribution is 7.98. The van der Waals surface area contributed by atoms with Crippen LogP contribution in [0.1, 0.15) is 35.3 Å². The zero-order valence-electron chi connectivity index (χ0n) is 16.2. The maximum Gasteiger partial charge on any atom is 0.254 e. The minimum atomic E-state index is -3.80. The first-order valence-electron chi connectivity index (χ1n) is 8.92. The molecule has 1 amide bonds. The normalized spacial score (nSPS) is 11.6. The quantitative estimate of drug-likeness (QED) is 0.605. The zero-order chi connectivity index (χ0) is 20.7. The van der Waals surface area contributed by atoms with Crippen molar-refractivity contribution < 1.29 is 17.6 Å². The molecule has 0 fully saturated rings. The van der Waals surface area contributed by atoms with E-state index in [4.69, 9.17) is 0 Å². The number of carbonyl (C=O) groups is 1. The monoisotopic (exact) mass is 424 g/mol. The van der Waals surface area contributed by atoms with Crippen LogP contribution in [0.5, 0.6) is 0 Å². The molecule has 0 aromatic heterocycles. The number of benzene rings is 2. The number of halogens is 1. The lowest BCUT2D eigenvalue weighted by molar-refractivity contribution is 0.0952. The predicted molar refractivity (Wildman–Crippen MR) is 112 cm³/mol. The summed E-state index contributed by atoms with van der Waals surface area (Å²) >= 11 is 1.65. The van der Waals surface area contributed by atoms with Gasteiger partial charge in [-0.3, -0.25) is 4.79 Å². The Kier molecular flexibility index (Phi) is 8.03. The van der Waals surface area contributed by atoms with Crippen LogP contribution in [0.2, 0.25) is 0 Å². The van der Waals surface area contributed by atoms with E-state index in [1.165, 1.54) is 11.1 Å². The van der Waals surface area contributed by atoms with E-state index >= 15 is 0 Å². The van der Waals surface area contributed by atoms with E-state index in [9.17, 15) is 17.6 Å². The van der Waals surface area contributed by atoms with Crippen molar-refractivity contribution >= 4 is 27.7 Å². The van der Waals surface area contributed by atoms with Gasteiger partial charge in [-0.2, -0.15) is 11.8 Å². The number of nitrogens with one attached hydrogen (secondary N) is 2. The lowest BCUT2D eigenvalue weighted by atomic mass is 10.2. The minimum absolute atomic E-state index is 0.138. The fraction of sp³-hybridized carbons (Fsp3) is 0.350. The third-order valence-corrected chi connectivity index (χ3v) is 6.49. The fourth-order valence-corrected chi connectivity index (χ4v) is 4.53. The van der Waals surface area contributed by atoms with Crippen molar-refractivity contribution in [2.45, 2.75) is 37.5 Å². The Bertz CT molecular complexity index is 914. The molecule has 5 nitrogen and oxygen atoms in total. The Morgan fingerprint density at radius 2 is 1.82 bits per heavy atom. The van der Waals surface area contributed by atoms with Crippen molar-refractivity contribution in [1.29, 1.82) is 0 Å². The van der Waals surface area contributed by atoms with Crippen LogP contribution in [0.15, 0.2) is 47.4 Å². The molecule has 0 aliphatic rings. The molecule has 0 saturated heterocycles. The Labute approximate surface area is 170 Å². The zero-order valence-corrected chi connectivity index (χ0v) is 17.8. The smallest absolute Gasteiger partial charge is 0.254 e. The topological polar surface area (TPSA) is 75.3 Å². The van der Waals surface area contributed by atoms with Gasteiger partial charge in [0, 0.05) is 24.1 Å². The summed E-state index contributed by atoms with van der Waals surface area (Å²) in [5.74, 6) is 0.0936. The summed E-state index contributed by atoms with van der Waals surface area (Å²) in [4.78, 5) is 12.1. The van der Waals surface area contributed by atoms with Crippen molar-refractivity contribution in [3.05, 3.63) is 65.0 Å². The number of carbonyl (C=O) groups excluding carboxylic acids is 1. The van der Waals surface area contributed by atoms with Crippen molar-refractivity contribution in [2.75, 3.05) is 12.3 Å². The molecule has 0 bridgehead atoms. The van der Waals surface area contributed by atoms with Gasteiger partial charge in [-0.15, -0.1) is 0 Å². The van der Waals surface area contributed by atoms with Crippen LogP contribution < -0.4 is 10.0 Å². The summed E-state index contributed by atoms with van der Waals surface area (Å²) in [7, 11) is -3.80. The highest BCUT2D eigenvalue weighted by Gasteiger charge is 2.20. The fourth-order valence-electron chi connectivity index (χ4n) is 2.43. The lowest BCUT2D eigenvalue weighted by Gasteiger charge is -2.11. The molecule has 0 atom stereocenters. The lowest BCUT2D eigenvalue weighted by Crippen LogP contribution is -2.31. The van der Waals surface area contributed by atoms with Crippen molar-refractivity contribution in [3.8, 4) is 0 Å². The molecule has 28 heavy (non-hydrogen) atoms. The molecule has 0 radical (unpaired) electrons. The van der Waals surface area contributed by atoms with Crippen molar-refractivity contribution in [2.24, 2.45) is 0 Å². The van der Waals surface area contributed by atoms with Crippen molar-refractivity contribution in [1.82, 2.24) is 10.0 Å². The average molecular weight is 425 g/mol. The first kappa shape index (κ1) is 22.4. The summed E-state index contributed by atoms with van der Waals surface area (Å²) < 4.78 is 40.9. The summed E-state index contributed by atoms with van der Waals surface area (Å²) in [6.07, 6.45) is 0. The van der Waals surface area contributed by atoms with E-state index in [0.29, 0.717) is 12.3 Å². The molecule has 2 N–H and O–H groups in total. The van der Waals surface area contributed by atoms with E-state index in [-0.39, 0.29) is 16.5 Å². The van der Waals surface area contributed by atoms with E-state index in [1.807, 2.05) is 6.92 Å². The van der Waals surface area contributed by atoms with Crippen LogP contribution >= 0.6 is 11.8 Å². The van der Waals surface area contributed by atoms with Gasteiger partial charge in [0.05, 0.1) is 10.5 Å². The van der Waals surface area contributed by atoms with E-state index in [0.717, 1.165) is 24.0 Å². The number of aryl methyl sites for hydroxylation is 1. The van der Waals surface area contributed by atoms with Gasteiger partial charge in [-0.05, 0) is 44.5 Å². The molecular weight excluding hydrogens is 399 g/mol. The highest BCUT2D eigenvalue weighted by Crippen LogP contribution is 2.16. The van der Waals surface area contributed by atoms with Gasteiger partial charge < -0.3 is 5.32 Å². The van der Waals surface area contributed by atoms with Crippen LogP contribution in [0.3, 0.4) is 0 Å². The molecule has 0 spiro atoms. The molecule has 0 heterocycles. The number of rotatable bonds is 9. The number of sulfonamides is 1. The third kappa shape index (κ3) is 6.61. The maximum atomic E-state index is 14.0. The summed E-state index contributed by atoms with van der Waals surface area (Å²) in [5.41, 5.74) is 2.12. The van der Waals surface area contributed by atoms with Crippen LogP contribution in [-0.4, -0.2) is 32.7 Å². The average Bonchev–Trinajstić information content (AvgIpc) is 2.62. The highest BCUT2D eigenvalue weighted by atomic mass is 32.2. The Hall–Kier alpha value is -1.90. The molecule has 0 saturated carbocycles. The second-order valence-electron chi connectivity index (χ2n) is 6.71. The van der Waals surface area contributed by atoms with E-state index in [2.05, 4.69) is 34.3 Å². The molecule has 2 aromatic rings. The molecule has 2 aromatic carbocycles. The molecular formula is C20H25FN2O3S2. The maximum absolute atomic E-state index is 14.0. The van der Waals surface area contributed by atoms with Crippen molar-refractivity contribution in [3.63, 3.8) is 0 Å². The molecule has 8 heteroatoms. The van der Waals surface area contributed by atoms with Crippen LogP contribution in [-0.2, 0) is 15.8 Å². The first-order chi connectivity index (χ1) is 13.2. The van der Waals surface area contributed by atoms with Gasteiger partial charge in [0.15, 0.2) is 0 Å². The van der Waals surface area contributed by atoms with Gasteiger partial charge in [0.25, 0.3) is 5.91 Å². The van der Waals surface area contributed by atoms with Gasteiger partial charge >= 0.3 is 0 Å². The number of hydrogen-bond donors (Lipinski definition) is 2. The molecule has 0 aliphatic heterocycles. The third-order valence-electron chi connectivity index (χ3n) is 3.80. The van der Waals surface area contributed by atoms with Gasteiger partial charge in [0.2, 0.25) is 10.0 Å². The number of amides is 1. The molecule has 2 rings (SSSR count). The van der Waals surface area contributed by atoms with Crippen LogP contribution in [0.25, 0.3) is 0 Å². The SMILES string of the molecule is Cc1ccc(CSCCNC(=O)c2cc(S(=O)(=O)NC(C)C)ccc2F)cc1. The summed E-state index contributed by atoms with van der Waals surface area (Å²) in [5, 5.41) is 2.64. The van der Waals surface area contributed by atoms with Crippen LogP contribution in [0.4, 0.5) is 4.39 Å². The van der Waals surface area contributed by atoms with Gasteiger partial charge in [-0.25, -0.2) is 17.5 Å². The predicted octanol–water partition coefficient (Wildman–Crippen LogP) is 3.48. The van der Waals surface area contributed by atoms with Gasteiger partial charge in [-0.1, -0.05) is 29.8 Å². The minimum Gasteiger partial charge on any atom is -0.351 e. The van der Waals surface area contributed by atoms with Crippen LogP contribution in [0, 0.1) is 12.7 Å². The second kappa shape index (κ2) is 10.0. The van der Waals surface area contributed by atoms with E-state index < -0.39 is 21.7 Å².